The first-order valence-electron chi connectivity index (χ1n) is 13.2. The van der Waals surface area contributed by atoms with Crippen LogP contribution in [0, 0.1) is 23.1 Å². The zero-order chi connectivity index (χ0) is 26.0. The van der Waals surface area contributed by atoms with Crippen molar-refractivity contribution >= 4 is 23.3 Å². The number of carbonyl (C=O) groups is 1. The normalized spacial score (nSPS) is 26.8. The molecular weight excluding hydrogens is 491 g/mol. The van der Waals surface area contributed by atoms with Crippen LogP contribution in [0.4, 0.5) is 14.9 Å². The van der Waals surface area contributed by atoms with Gasteiger partial charge in [0.2, 0.25) is 0 Å². The Labute approximate surface area is 223 Å². The number of rotatable bonds is 8. The molecule has 1 aliphatic heterocycles. The number of hydrogen-bond acceptors (Lipinski definition) is 4. The minimum absolute atomic E-state index is 0.0103. The number of ether oxygens (including phenoxy) is 1. The monoisotopic (exact) mass is 524 g/mol. The maximum Gasteiger partial charge on any atom is 0.322 e. The average Bonchev–Trinajstić information content (AvgIpc) is 3.49. The van der Waals surface area contributed by atoms with E-state index in [1.54, 1.807) is 13.2 Å². The summed E-state index contributed by atoms with van der Waals surface area (Å²) in [5, 5.41) is 12.3. The van der Waals surface area contributed by atoms with Gasteiger partial charge in [-0.1, -0.05) is 23.7 Å². The SMILES string of the molecule is COC[C@@H]1CCCN1CCN(C(=O)Nc1ccc(F)c(Cl)c1)[C@@H]1CC[C@]2(c3cccc(C#N)c3)CC2C1. The molecular formula is C29H34ClFN4O2. The van der Waals surface area contributed by atoms with Gasteiger partial charge in [-0.15, -0.1) is 0 Å². The Morgan fingerprint density at radius 2 is 2.19 bits per heavy atom. The maximum atomic E-state index is 13.7. The fourth-order valence-electron chi connectivity index (χ4n) is 6.57. The van der Waals surface area contributed by atoms with E-state index in [1.165, 1.54) is 17.7 Å². The second kappa shape index (κ2) is 11.0. The third-order valence-electron chi connectivity index (χ3n) is 8.64. The molecule has 2 amide bonds. The summed E-state index contributed by atoms with van der Waals surface area (Å²) in [6.45, 7) is 3.14. The van der Waals surface area contributed by atoms with Crippen LogP contribution in [0.1, 0.15) is 49.7 Å². The number of benzene rings is 2. The second-order valence-electron chi connectivity index (χ2n) is 10.7. The second-order valence-corrected chi connectivity index (χ2v) is 11.1. The number of fused-ring (bicyclic) bond motifs is 1. The van der Waals surface area contributed by atoms with Crippen molar-refractivity contribution in [3.05, 3.63) is 64.4 Å². The number of amides is 2. The van der Waals surface area contributed by atoms with Crippen molar-refractivity contribution in [3.8, 4) is 6.07 Å². The van der Waals surface area contributed by atoms with E-state index in [9.17, 15) is 14.4 Å². The lowest BCUT2D eigenvalue weighted by Crippen LogP contribution is -2.49. The van der Waals surface area contributed by atoms with Gasteiger partial charge in [0.25, 0.3) is 0 Å². The highest BCUT2D eigenvalue weighted by Crippen LogP contribution is 2.62. The van der Waals surface area contributed by atoms with Crippen LogP contribution >= 0.6 is 11.6 Å². The van der Waals surface area contributed by atoms with Gasteiger partial charge in [0.05, 0.1) is 23.3 Å². The van der Waals surface area contributed by atoms with E-state index in [0.29, 0.717) is 36.4 Å². The molecule has 2 saturated carbocycles. The highest BCUT2D eigenvalue weighted by molar-refractivity contribution is 6.31. The summed E-state index contributed by atoms with van der Waals surface area (Å²) in [7, 11) is 1.74. The molecule has 1 heterocycles. The van der Waals surface area contributed by atoms with Crippen LogP contribution in [0.25, 0.3) is 0 Å². The lowest BCUT2D eigenvalue weighted by atomic mass is 9.80. The fourth-order valence-corrected chi connectivity index (χ4v) is 6.75. The molecule has 0 aromatic heterocycles. The van der Waals surface area contributed by atoms with Crippen molar-refractivity contribution in [2.75, 3.05) is 38.7 Å². The number of urea groups is 1. The highest BCUT2D eigenvalue weighted by Gasteiger charge is 2.58. The summed E-state index contributed by atoms with van der Waals surface area (Å²) in [5.74, 6) is -0.00338. The quantitative estimate of drug-likeness (QED) is 0.473. The van der Waals surface area contributed by atoms with Gasteiger partial charge < -0.3 is 15.0 Å². The van der Waals surface area contributed by atoms with Crippen LogP contribution in [0.5, 0.6) is 0 Å². The average molecular weight is 525 g/mol. The molecule has 5 rings (SSSR count). The van der Waals surface area contributed by atoms with Gasteiger partial charge in [-0.05, 0) is 92.3 Å². The molecule has 3 aliphatic rings. The maximum absolute atomic E-state index is 13.7. The predicted octanol–water partition coefficient (Wildman–Crippen LogP) is 5.81. The number of anilines is 1. The first-order chi connectivity index (χ1) is 17.9. The fraction of sp³-hybridized carbons (Fsp3) is 0.517. The van der Waals surface area contributed by atoms with E-state index in [0.717, 1.165) is 51.6 Å². The molecule has 1 N–H and O–H groups in total. The molecule has 37 heavy (non-hydrogen) atoms. The third kappa shape index (κ3) is 5.47. The summed E-state index contributed by atoms with van der Waals surface area (Å²) in [5.41, 5.74) is 2.58. The van der Waals surface area contributed by atoms with E-state index < -0.39 is 5.82 Å². The molecule has 3 fully saturated rings. The minimum atomic E-state index is -0.507. The lowest BCUT2D eigenvalue weighted by Gasteiger charge is -2.38. The van der Waals surface area contributed by atoms with Gasteiger partial charge in [-0.2, -0.15) is 5.26 Å². The van der Waals surface area contributed by atoms with E-state index in [2.05, 4.69) is 22.4 Å². The molecule has 1 unspecified atom stereocenters. The predicted molar refractivity (Wildman–Crippen MR) is 142 cm³/mol. The molecule has 0 spiro atoms. The Morgan fingerprint density at radius 3 is 2.95 bits per heavy atom. The number of nitrogens with zero attached hydrogens (tertiary/aromatic N) is 3. The number of methoxy groups -OCH3 is 1. The van der Waals surface area contributed by atoms with Crippen LogP contribution in [0.2, 0.25) is 5.02 Å². The molecule has 2 aliphatic carbocycles. The zero-order valence-electron chi connectivity index (χ0n) is 21.3. The van der Waals surface area contributed by atoms with Gasteiger partial charge in [0, 0.05) is 38.0 Å². The van der Waals surface area contributed by atoms with Gasteiger partial charge in [-0.3, -0.25) is 4.90 Å². The van der Waals surface area contributed by atoms with Gasteiger partial charge in [0.1, 0.15) is 5.82 Å². The molecule has 2 aromatic rings. The largest absolute Gasteiger partial charge is 0.383 e. The van der Waals surface area contributed by atoms with E-state index in [1.807, 2.05) is 23.1 Å². The number of halogens is 2. The molecule has 0 bridgehead atoms. The van der Waals surface area contributed by atoms with Crippen LogP contribution in [0.15, 0.2) is 42.5 Å². The number of nitrogens with one attached hydrogen (secondary N) is 1. The van der Waals surface area contributed by atoms with Crippen LogP contribution in [-0.4, -0.2) is 61.3 Å². The molecule has 8 heteroatoms. The topological polar surface area (TPSA) is 68.6 Å². The first-order valence-corrected chi connectivity index (χ1v) is 13.6. The van der Waals surface area contributed by atoms with Gasteiger partial charge in [0.15, 0.2) is 0 Å². The standard InChI is InChI=1S/C29H34ClFN4O2/c1-37-19-25-6-3-11-34(25)12-13-35(28(36)33-23-7-8-27(31)26(30)16-23)24-9-10-29(17-22(29)15-24)21-5-2-4-20(14-21)18-32/h2,4-5,7-8,14,16,22,24-25H,3,6,9-13,15,17,19H2,1H3,(H,33,36)/t22?,24-,25+,29-/m1/s1. The summed E-state index contributed by atoms with van der Waals surface area (Å²) >= 11 is 5.96. The van der Waals surface area contributed by atoms with Crippen molar-refractivity contribution in [1.82, 2.24) is 9.80 Å². The minimum Gasteiger partial charge on any atom is -0.383 e. The van der Waals surface area contributed by atoms with Crippen LogP contribution in [-0.2, 0) is 10.2 Å². The van der Waals surface area contributed by atoms with Gasteiger partial charge in [-0.25, -0.2) is 9.18 Å². The molecule has 1 saturated heterocycles. The van der Waals surface area contributed by atoms with Crippen molar-refractivity contribution in [3.63, 3.8) is 0 Å². The Bertz CT molecular complexity index is 1190. The smallest absolute Gasteiger partial charge is 0.322 e. The van der Waals surface area contributed by atoms with Crippen molar-refractivity contribution in [1.29, 1.82) is 5.26 Å². The van der Waals surface area contributed by atoms with Crippen molar-refractivity contribution in [2.45, 2.75) is 56.0 Å². The molecule has 0 radical (unpaired) electrons. The molecule has 4 atom stereocenters. The summed E-state index contributed by atoms with van der Waals surface area (Å²) < 4.78 is 19.1. The van der Waals surface area contributed by atoms with E-state index in [-0.39, 0.29) is 22.5 Å². The zero-order valence-corrected chi connectivity index (χ0v) is 22.0. The molecule has 2 aromatic carbocycles. The highest BCUT2D eigenvalue weighted by atomic mass is 35.5. The van der Waals surface area contributed by atoms with Gasteiger partial charge >= 0.3 is 6.03 Å². The number of likely N-dealkylation sites (tertiary alicyclic amines) is 1. The number of hydrogen-bond donors (Lipinski definition) is 1. The van der Waals surface area contributed by atoms with E-state index in [4.69, 9.17) is 16.3 Å². The Morgan fingerprint density at radius 1 is 1.32 bits per heavy atom. The summed E-state index contributed by atoms with van der Waals surface area (Å²) in [4.78, 5) is 18.0. The Kier molecular flexibility index (Phi) is 7.71. The Hall–Kier alpha value is -2.66. The number of nitriles is 1. The lowest BCUT2D eigenvalue weighted by molar-refractivity contribution is 0.101. The molecule has 196 valence electrons. The Balaban J connectivity index is 1.30. The van der Waals surface area contributed by atoms with Crippen molar-refractivity contribution in [2.24, 2.45) is 5.92 Å². The summed E-state index contributed by atoms with van der Waals surface area (Å²) in [6, 6.07) is 14.9. The third-order valence-corrected chi connectivity index (χ3v) is 8.93. The molecule has 6 nitrogen and oxygen atoms in total. The summed E-state index contributed by atoms with van der Waals surface area (Å²) in [6.07, 6.45) is 6.21. The first kappa shape index (κ1) is 26.0. The van der Waals surface area contributed by atoms with Crippen molar-refractivity contribution < 1.29 is 13.9 Å². The van der Waals surface area contributed by atoms with Crippen LogP contribution < -0.4 is 5.32 Å². The van der Waals surface area contributed by atoms with Crippen LogP contribution in [0.3, 0.4) is 0 Å². The number of carbonyl (C=O) groups excluding carboxylic acids is 1. The van der Waals surface area contributed by atoms with E-state index >= 15 is 0 Å².